The third kappa shape index (κ3) is 3.41. The van der Waals surface area contributed by atoms with Crippen LogP contribution < -0.4 is 4.74 Å². The van der Waals surface area contributed by atoms with E-state index in [9.17, 15) is 9.18 Å². The number of rotatable bonds is 5. The van der Waals surface area contributed by atoms with Crippen LogP contribution >= 0.6 is 0 Å². The van der Waals surface area contributed by atoms with Gasteiger partial charge in [-0.25, -0.2) is 4.39 Å². The minimum atomic E-state index is -0.469. The van der Waals surface area contributed by atoms with E-state index in [1.54, 1.807) is 19.2 Å². The molecular formula is C16H15FO2. The summed E-state index contributed by atoms with van der Waals surface area (Å²) in [6.45, 7) is 0. The molecule has 19 heavy (non-hydrogen) atoms. The molecule has 0 N–H and O–H groups in total. The number of hydrogen-bond donors (Lipinski definition) is 0. The molecule has 0 radical (unpaired) electrons. The van der Waals surface area contributed by atoms with Crippen LogP contribution in [0.4, 0.5) is 4.39 Å². The predicted octanol–water partition coefficient (Wildman–Crippen LogP) is 3.43. The Balaban J connectivity index is 2.03. The van der Waals surface area contributed by atoms with Gasteiger partial charge in [-0.05, 0) is 48.2 Å². The summed E-state index contributed by atoms with van der Waals surface area (Å²) in [5.74, 6) is 0.358. The molecular weight excluding hydrogens is 243 g/mol. The van der Waals surface area contributed by atoms with Crippen LogP contribution in [0.5, 0.6) is 5.75 Å². The van der Waals surface area contributed by atoms with E-state index >= 15 is 0 Å². The van der Waals surface area contributed by atoms with E-state index in [4.69, 9.17) is 4.74 Å². The summed E-state index contributed by atoms with van der Waals surface area (Å²) in [6.07, 6.45) is 2.16. The fourth-order valence-corrected chi connectivity index (χ4v) is 1.92. The van der Waals surface area contributed by atoms with Gasteiger partial charge < -0.3 is 4.74 Å². The molecule has 0 fully saturated rings. The summed E-state index contributed by atoms with van der Waals surface area (Å²) in [6, 6.07) is 12.5. The Morgan fingerprint density at radius 2 is 1.68 bits per heavy atom. The molecule has 0 aromatic heterocycles. The van der Waals surface area contributed by atoms with E-state index in [1.807, 2.05) is 24.3 Å². The van der Waals surface area contributed by atoms with Gasteiger partial charge >= 0.3 is 0 Å². The Kier molecular flexibility index (Phi) is 4.29. The van der Waals surface area contributed by atoms with Crippen LogP contribution in [-0.4, -0.2) is 13.4 Å². The molecule has 0 amide bonds. The van der Waals surface area contributed by atoms with Crippen molar-refractivity contribution in [1.29, 1.82) is 0 Å². The molecule has 0 spiro atoms. The van der Waals surface area contributed by atoms with E-state index in [2.05, 4.69) is 0 Å². The minimum Gasteiger partial charge on any atom is -0.497 e. The molecule has 0 atom stereocenters. The number of ether oxygens (including phenoxy) is 1. The van der Waals surface area contributed by atoms with Gasteiger partial charge in [-0.1, -0.05) is 18.2 Å². The van der Waals surface area contributed by atoms with Crippen molar-refractivity contribution in [3.63, 3.8) is 0 Å². The molecule has 0 unspecified atom stereocenters. The molecule has 0 aliphatic carbocycles. The van der Waals surface area contributed by atoms with E-state index in [-0.39, 0.29) is 5.56 Å². The molecule has 0 saturated carbocycles. The molecule has 3 heteroatoms. The molecule has 2 nitrogen and oxygen atoms in total. The number of methoxy groups -OCH3 is 1. The van der Waals surface area contributed by atoms with Crippen molar-refractivity contribution in [1.82, 2.24) is 0 Å². The van der Waals surface area contributed by atoms with E-state index in [1.165, 1.54) is 11.6 Å². The maximum absolute atomic E-state index is 13.2. The highest BCUT2D eigenvalue weighted by molar-refractivity contribution is 5.75. The lowest BCUT2D eigenvalue weighted by Gasteiger charge is -2.05. The van der Waals surface area contributed by atoms with Crippen LogP contribution in [0.1, 0.15) is 21.5 Å². The van der Waals surface area contributed by atoms with Crippen LogP contribution in [0.25, 0.3) is 0 Å². The van der Waals surface area contributed by atoms with Gasteiger partial charge in [0.15, 0.2) is 6.29 Å². The number of halogens is 1. The normalized spacial score (nSPS) is 10.2. The minimum absolute atomic E-state index is 0.118. The summed E-state index contributed by atoms with van der Waals surface area (Å²) in [7, 11) is 1.63. The van der Waals surface area contributed by atoms with Gasteiger partial charge in [0.05, 0.1) is 12.7 Å². The van der Waals surface area contributed by atoms with Gasteiger partial charge in [0.25, 0.3) is 0 Å². The van der Waals surface area contributed by atoms with E-state index in [0.29, 0.717) is 6.29 Å². The van der Waals surface area contributed by atoms with Crippen molar-refractivity contribution in [2.75, 3.05) is 7.11 Å². The van der Waals surface area contributed by atoms with Crippen LogP contribution in [0.3, 0.4) is 0 Å². The number of carbonyl (C=O) groups excluding carboxylic acids is 1. The van der Waals surface area contributed by atoms with Crippen molar-refractivity contribution in [2.45, 2.75) is 12.8 Å². The standard InChI is InChI=1S/C16H15FO2/c1-19-15-7-4-12(5-8-15)2-3-13-6-9-16(17)14(10-13)11-18/h4-11H,2-3H2,1H3. The van der Waals surface area contributed by atoms with Gasteiger partial charge in [-0.3, -0.25) is 4.79 Å². The summed E-state index contributed by atoms with van der Waals surface area (Å²) >= 11 is 0. The monoisotopic (exact) mass is 258 g/mol. The first-order valence-corrected chi connectivity index (χ1v) is 6.09. The Hall–Kier alpha value is -2.16. The zero-order chi connectivity index (χ0) is 13.7. The Morgan fingerprint density at radius 1 is 1.05 bits per heavy atom. The summed E-state index contributed by atoms with van der Waals surface area (Å²) in [5.41, 5.74) is 2.25. The SMILES string of the molecule is COc1ccc(CCc2ccc(F)c(C=O)c2)cc1. The maximum Gasteiger partial charge on any atom is 0.153 e. The summed E-state index contributed by atoms with van der Waals surface area (Å²) in [4.78, 5) is 10.7. The van der Waals surface area contributed by atoms with Crippen LogP contribution in [0.2, 0.25) is 0 Å². The quantitative estimate of drug-likeness (QED) is 0.768. The van der Waals surface area contributed by atoms with Crippen LogP contribution in [-0.2, 0) is 12.8 Å². The molecule has 2 rings (SSSR count). The molecule has 0 aliphatic heterocycles. The molecule has 2 aromatic rings. The van der Waals surface area contributed by atoms with Gasteiger partial charge in [0.1, 0.15) is 11.6 Å². The lowest BCUT2D eigenvalue weighted by molar-refractivity contribution is 0.111. The van der Waals surface area contributed by atoms with Gasteiger partial charge in [-0.15, -0.1) is 0 Å². The van der Waals surface area contributed by atoms with Crippen molar-refractivity contribution in [2.24, 2.45) is 0 Å². The van der Waals surface area contributed by atoms with Gasteiger partial charge in [0, 0.05) is 0 Å². The van der Waals surface area contributed by atoms with Crippen LogP contribution in [0, 0.1) is 5.82 Å². The van der Waals surface area contributed by atoms with E-state index in [0.717, 1.165) is 24.2 Å². The first kappa shape index (κ1) is 13.3. The lowest BCUT2D eigenvalue weighted by atomic mass is 10.0. The Morgan fingerprint density at radius 3 is 2.32 bits per heavy atom. The highest BCUT2D eigenvalue weighted by atomic mass is 19.1. The molecule has 2 aromatic carbocycles. The van der Waals surface area contributed by atoms with Gasteiger partial charge in [0.2, 0.25) is 0 Å². The lowest BCUT2D eigenvalue weighted by Crippen LogP contribution is -1.95. The van der Waals surface area contributed by atoms with Crippen molar-refractivity contribution < 1.29 is 13.9 Å². The zero-order valence-corrected chi connectivity index (χ0v) is 10.7. The highest BCUT2D eigenvalue weighted by Crippen LogP contribution is 2.15. The van der Waals surface area contributed by atoms with Crippen molar-refractivity contribution in [3.05, 3.63) is 65.0 Å². The molecule has 0 aliphatic rings. The first-order chi connectivity index (χ1) is 9.22. The van der Waals surface area contributed by atoms with Crippen molar-refractivity contribution in [3.8, 4) is 5.75 Å². The molecule has 0 saturated heterocycles. The molecule has 98 valence electrons. The predicted molar refractivity (Wildman–Crippen MR) is 72.2 cm³/mol. The average Bonchev–Trinajstić information content (AvgIpc) is 2.47. The first-order valence-electron chi connectivity index (χ1n) is 6.09. The van der Waals surface area contributed by atoms with Crippen LogP contribution in [0.15, 0.2) is 42.5 Å². The van der Waals surface area contributed by atoms with Crippen molar-refractivity contribution >= 4 is 6.29 Å². The third-order valence-electron chi connectivity index (χ3n) is 3.05. The summed E-state index contributed by atoms with van der Waals surface area (Å²) < 4.78 is 18.3. The smallest absolute Gasteiger partial charge is 0.153 e. The summed E-state index contributed by atoms with van der Waals surface area (Å²) in [5, 5.41) is 0. The molecule has 0 bridgehead atoms. The molecule has 0 heterocycles. The fraction of sp³-hybridized carbons (Fsp3) is 0.188. The third-order valence-corrected chi connectivity index (χ3v) is 3.05. The number of aldehydes is 1. The Labute approximate surface area is 111 Å². The topological polar surface area (TPSA) is 26.3 Å². The maximum atomic E-state index is 13.2. The number of carbonyl (C=O) groups is 1. The second-order valence-electron chi connectivity index (χ2n) is 4.32. The number of hydrogen-bond acceptors (Lipinski definition) is 2. The Bertz CT molecular complexity index is 561. The second-order valence-corrected chi connectivity index (χ2v) is 4.32. The highest BCUT2D eigenvalue weighted by Gasteiger charge is 2.03. The fourth-order valence-electron chi connectivity index (χ4n) is 1.92. The zero-order valence-electron chi connectivity index (χ0n) is 10.7. The number of benzene rings is 2. The average molecular weight is 258 g/mol. The largest absolute Gasteiger partial charge is 0.497 e. The second kappa shape index (κ2) is 6.14. The van der Waals surface area contributed by atoms with Gasteiger partial charge in [-0.2, -0.15) is 0 Å². The van der Waals surface area contributed by atoms with E-state index < -0.39 is 5.82 Å². The number of aryl methyl sites for hydroxylation is 2.